The molecule has 394 valence electrons. The zero-order valence-corrected chi connectivity index (χ0v) is 43.8. The van der Waals surface area contributed by atoms with Crippen LogP contribution in [0.4, 0.5) is 0 Å². The number of ketones is 2. The Morgan fingerprint density at radius 3 is 1.92 bits per heavy atom. The first-order valence-corrected chi connectivity index (χ1v) is 26.0. The second-order valence-electron chi connectivity index (χ2n) is 19.3. The SMILES string of the molecule is CCCCCCCCCCCCCCCC(=O)N(C)[C@H](COCc1ccccc1)C(=O)N[C@H](C)C(=O)CCC(=O)N(C)[C@@H]1C(=O)C[C@@H](C)C(=O)N[C@H](C(=O)O)Cc2ccc(OC)c(c2)-c2cc1ccc2OC. The minimum Gasteiger partial charge on any atom is -0.496 e. The molecule has 0 fully saturated rings. The maximum Gasteiger partial charge on any atom is 0.326 e. The number of carbonyl (C=O) groups is 7. The topological polar surface area (TPSA) is 198 Å². The number of Topliss-reactive ketones (excluding diaryl/α,β-unsaturated/α-hetero) is 2. The van der Waals surface area contributed by atoms with Crippen LogP contribution in [-0.4, -0.2) is 109 Å². The van der Waals surface area contributed by atoms with E-state index >= 15 is 0 Å². The molecule has 3 N–H and O–H groups in total. The van der Waals surface area contributed by atoms with Crippen LogP contribution in [0.1, 0.15) is 153 Å². The summed E-state index contributed by atoms with van der Waals surface area (Å²) in [5, 5.41) is 15.4. The molecule has 0 unspecified atom stereocenters. The fraction of sp³-hybridized carbons (Fsp3) is 0.561. The van der Waals surface area contributed by atoms with Gasteiger partial charge in [-0.2, -0.15) is 0 Å². The summed E-state index contributed by atoms with van der Waals surface area (Å²) < 4.78 is 17.4. The number of hydrogen-bond acceptors (Lipinski definition) is 10. The largest absolute Gasteiger partial charge is 0.496 e. The van der Waals surface area contributed by atoms with Gasteiger partial charge in [-0.25, -0.2) is 4.79 Å². The first-order chi connectivity index (χ1) is 34.6. The lowest BCUT2D eigenvalue weighted by Crippen LogP contribution is -2.53. The van der Waals surface area contributed by atoms with E-state index in [1.807, 2.05) is 30.3 Å². The van der Waals surface area contributed by atoms with Crippen LogP contribution in [0.3, 0.4) is 0 Å². The smallest absolute Gasteiger partial charge is 0.326 e. The van der Waals surface area contributed by atoms with Crippen molar-refractivity contribution in [3.8, 4) is 22.6 Å². The van der Waals surface area contributed by atoms with Crippen LogP contribution in [-0.2, 0) is 51.3 Å². The van der Waals surface area contributed by atoms with Crippen molar-refractivity contribution in [2.24, 2.45) is 5.92 Å². The lowest BCUT2D eigenvalue weighted by atomic mass is 9.89. The predicted octanol–water partition coefficient (Wildman–Crippen LogP) is 8.97. The number of fused-ring (bicyclic) bond motifs is 5. The number of carbonyl (C=O) groups excluding carboxylic acids is 6. The van der Waals surface area contributed by atoms with Gasteiger partial charge in [-0.3, -0.25) is 28.8 Å². The molecule has 15 nitrogen and oxygen atoms in total. The fourth-order valence-corrected chi connectivity index (χ4v) is 9.11. The Morgan fingerprint density at radius 2 is 1.32 bits per heavy atom. The molecule has 4 amide bonds. The van der Waals surface area contributed by atoms with E-state index in [2.05, 4.69) is 17.6 Å². The Morgan fingerprint density at radius 1 is 0.736 bits per heavy atom. The molecule has 0 aromatic heterocycles. The molecule has 0 saturated carbocycles. The number of carboxylic acids is 1. The van der Waals surface area contributed by atoms with Crippen LogP contribution in [0.2, 0.25) is 0 Å². The van der Waals surface area contributed by atoms with Crippen LogP contribution < -0.4 is 20.1 Å². The molecule has 4 rings (SSSR count). The van der Waals surface area contributed by atoms with E-state index < -0.39 is 65.3 Å². The zero-order valence-electron chi connectivity index (χ0n) is 43.8. The molecule has 4 bridgehead atoms. The van der Waals surface area contributed by atoms with E-state index in [9.17, 15) is 38.7 Å². The maximum absolute atomic E-state index is 14.3. The highest BCUT2D eigenvalue weighted by Crippen LogP contribution is 2.40. The van der Waals surface area contributed by atoms with E-state index in [0.29, 0.717) is 40.2 Å². The highest BCUT2D eigenvalue weighted by atomic mass is 16.5. The van der Waals surface area contributed by atoms with Gasteiger partial charge in [0.2, 0.25) is 23.6 Å². The van der Waals surface area contributed by atoms with Crippen molar-refractivity contribution in [2.45, 2.75) is 167 Å². The van der Waals surface area contributed by atoms with Crippen LogP contribution >= 0.6 is 0 Å². The van der Waals surface area contributed by atoms with E-state index in [1.54, 1.807) is 43.4 Å². The first kappa shape index (κ1) is 58.5. The molecule has 5 atom stereocenters. The molecule has 1 aliphatic rings. The number of likely N-dealkylation sites (N-methyl/N-ethyl adjacent to an activating group) is 2. The molecule has 0 spiro atoms. The second-order valence-corrected chi connectivity index (χ2v) is 19.3. The lowest BCUT2D eigenvalue weighted by molar-refractivity contribution is -0.143. The minimum absolute atomic E-state index is 0.0400. The summed E-state index contributed by atoms with van der Waals surface area (Å²) in [6.45, 7) is 5.39. The quantitative estimate of drug-likeness (QED) is 0.0561. The third-order valence-corrected chi connectivity index (χ3v) is 13.7. The van der Waals surface area contributed by atoms with Gasteiger partial charge in [0.25, 0.3) is 0 Å². The summed E-state index contributed by atoms with van der Waals surface area (Å²) in [5.41, 5.74) is 2.96. The van der Waals surface area contributed by atoms with E-state index in [-0.39, 0.29) is 51.2 Å². The molecule has 3 aromatic carbocycles. The molecule has 72 heavy (non-hydrogen) atoms. The number of hydrogen-bond donors (Lipinski definition) is 3. The van der Waals surface area contributed by atoms with Gasteiger partial charge >= 0.3 is 5.97 Å². The van der Waals surface area contributed by atoms with Crippen LogP contribution in [0, 0.1) is 5.92 Å². The highest BCUT2D eigenvalue weighted by Gasteiger charge is 2.34. The average molecular weight is 997 g/mol. The molecule has 0 radical (unpaired) electrons. The number of rotatable bonds is 29. The summed E-state index contributed by atoms with van der Waals surface area (Å²) in [6, 6.07) is 15.1. The Bertz CT molecular complexity index is 2250. The molecular weight excluding hydrogens is 917 g/mol. The number of ether oxygens (including phenoxy) is 3. The average Bonchev–Trinajstić information content (AvgIpc) is 3.37. The number of nitrogens with one attached hydrogen (secondary N) is 2. The number of aliphatic carboxylic acids is 1. The summed E-state index contributed by atoms with van der Waals surface area (Å²) in [4.78, 5) is 97.8. The molecule has 0 aliphatic carbocycles. The third kappa shape index (κ3) is 18.2. The number of unbranched alkanes of at least 4 members (excludes halogenated alkanes) is 12. The van der Waals surface area contributed by atoms with E-state index in [1.165, 1.54) is 103 Å². The van der Waals surface area contributed by atoms with E-state index in [4.69, 9.17) is 14.2 Å². The van der Waals surface area contributed by atoms with Crippen molar-refractivity contribution in [3.05, 3.63) is 83.4 Å². The summed E-state index contributed by atoms with van der Waals surface area (Å²) in [7, 11) is 6.00. The number of methoxy groups -OCH3 is 2. The van der Waals surface area contributed by atoms with Crippen LogP contribution in [0.25, 0.3) is 11.1 Å². The molecule has 1 heterocycles. The first-order valence-electron chi connectivity index (χ1n) is 26.0. The van der Waals surface area contributed by atoms with Gasteiger partial charge in [0.15, 0.2) is 11.6 Å². The van der Waals surface area contributed by atoms with Crippen molar-refractivity contribution >= 4 is 41.2 Å². The number of benzene rings is 3. The monoisotopic (exact) mass is 997 g/mol. The summed E-state index contributed by atoms with van der Waals surface area (Å²) in [5.74, 6) is -4.22. The number of carboxylic acid groups (broad SMARTS) is 1. The Balaban J connectivity index is 1.43. The number of amides is 4. The normalized spacial score (nSPS) is 16.6. The lowest BCUT2D eigenvalue weighted by Gasteiger charge is -2.30. The molecule has 0 saturated heterocycles. The zero-order chi connectivity index (χ0) is 52.6. The van der Waals surface area contributed by atoms with Crippen molar-refractivity contribution in [3.63, 3.8) is 0 Å². The van der Waals surface area contributed by atoms with Crippen molar-refractivity contribution < 1.29 is 52.9 Å². The van der Waals surface area contributed by atoms with Crippen molar-refractivity contribution in [1.82, 2.24) is 20.4 Å². The van der Waals surface area contributed by atoms with Crippen molar-refractivity contribution in [2.75, 3.05) is 34.9 Å². The van der Waals surface area contributed by atoms with Crippen molar-refractivity contribution in [1.29, 1.82) is 0 Å². The Labute approximate surface area is 427 Å². The Hall–Kier alpha value is -6.09. The standard InChI is InChI=1S/C57H80N4O11/c1-8-9-10-11-12-13-14-15-16-17-18-19-23-26-52(64)60(4)47(38-72-37-41-24-21-20-22-25-41)56(67)58-40(3)48(62)29-32-53(65)61(5)54-43-28-31-51(71-7)45(36-43)44-34-42(27-30-50(44)70-6)35-46(57(68)69)59-55(66)39(2)33-49(54)63/h20-22,24-25,27-28,30-31,34,36,39-40,46-47,54H,8-19,23,26,29,32-33,35,37-38H2,1-7H3,(H,58,67)(H,59,66)(H,68,69)/t39-,40-,46+,47-,54+/m1/s1. The maximum atomic E-state index is 14.3. The summed E-state index contributed by atoms with van der Waals surface area (Å²) in [6.07, 6.45) is 14.7. The van der Waals surface area contributed by atoms with Gasteiger partial charge in [0.05, 0.1) is 33.5 Å². The van der Waals surface area contributed by atoms with Crippen LogP contribution in [0.15, 0.2) is 66.7 Å². The molecule has 1 aliphatic heterocycles. The minimum atomic E-state index is -1.29. The van der Waals surface area contributed by atoms with Gasteiger partial charge in [-0.1, -0.05) is 133 Å². The molecular formula is C57H80N4O11. The van der Waals surface area contributed by atoms with Gasteiger partial charge in [0, 0.05) is 63.2 Å². The second kappa shape index (κ2) is 30.7. The fourth-order valence-electron chi connectivity index (χ4n) is 9.11. The van der Waals surface area contributed by atoms with Crippen LogP contribution in [0.5, 0.6) is 11.5 Å². The van der Waals surface area contributed by atoms with Gasteiger partial charge in [0.1, 0.15) is 29.6 Å². The van der Waals surface area contributed by atoms with Gasteiger partial charge in [-0.15, -0.1) is 0 Å². The van der Waals surface area contributed by atoms with Gasteiger partial charge in [-0.05, 0) is 54.3 Å². The summed E-state index contributed by atoms with van der Waals surface area (Å²) >= 11 is 0. The highest BCUT2D eigenvalue weighted by molar-refractivity contribution is 5.96. The Kier molecular flexibility index (Phi) is 24.9. The van der Waals surface area contributed by atoms with E-state index in [0.717, 1.165) is 24.8 Å². The molecule has 15 heteroatoms. The third-order valence-electron chi connectivity index (χ3n) is 13.7. The molecule has 3 aromatic rings. The number of nitrogens with zero attached hydrogens (tertiary/aromatic N) is 2. The van der Waals surface area contributed by atoms with Gasteiger partial charge < -0.3 is 39.8 Å². The predicted molar refractivity (Wildman–Crippen MR) is 277 cm³/mol.